The van der Waals surface area contributed by atoms with Crippen LogP contribution in [-0.4, -0.2) is 36.7 Å². The number of hydrogen-bond acceptors (Lipinski definition) is 5. The third kappa shape index (κ3) is 2.78. The minimum atomic E-state index is -0.400. The van der Waals surface area contributed by atoms with Gasteiger partial charge in [0.25, 0.3) is 5.91 Å². The number of amides is 1. The first-order valence-electron chi connectivity index (χ1n) is 5.37. The van der Waals surface area contributed by atoms with Gasteiger partial charge in [-0.2, -0.15) is 0 Å². The van der Waals surface area contributed by atoms with Crippen LogP contribution in [0, 0.1) is 0 Å². The molecule has 1 amide bonds. The Morgan fingerprint density at radius 3 is 3.31 bits per heavy atom. The molecule has 16 heavy (non-hydrogen) atoms. The normalized spacial score (nSPS) is 20.7. The summed E-state index contributed by atoms with van der Waals surface area (Å²) < 4.78 is 5.35. The molecule has 1 atom stereocenters. The van der Waals surface area contributed by atoms with Gasteiger partial charge in [0, 0.05) is 24.2 Å². The van der Waals surface area contributed by atoms with Crippen LogP contribution in [-0.2, 0) is 16.0 Å². The van der Waals surface area contributed by atoms with Gasteiger partial charge in [0.2, 0.25) is 0 Å². The van der Waals surface area contributed by atoms with Crippen LogP contribution in [0.15, 0.2) is 6.20 Å². The fourth-order valence-corrected chi connectivity index (χ4v) is 2.20. The predicted molar refractivity (Wildman–Crippen MR) is 62.7 cm³/mol. The number of aromatic nitrogens is 1. The van der Waals surface area contributed by atoms with Crippen LogP contribution in [0.4, 0.5) is 5.13 Å². The molecule has 1 aliphatic heterocycles. The largest absolute Gasteiger partial charge is 0.366 e. The zero-order chi connectivity index (χ0) is 11.4. The minimum absolute atomic E-state index is 0.121. The molecule has 0 radical (unpaired) electrons. The number of hydrogen-bond donors (Lipinski definition) is 2. The fraction of sp³-hybridized carbons (Fsp3) is 0.600. The Balaban J connectivity index is 1.90. The lowest BCUT2D eigenvalue weighted by Gasteiger charge is -2.22. The summed E-state index contributed by atoms with van der Waals surface area (Å²) in [5.74, 6) is -0.121. The second-order valence-corrected chi connectivity index (χ2v) is 4.65. The molecule has 0 spiro atoms. The van der Waals surface area contributed by atoms with E-state index in [1.807, 2.05) is 0 Å². The van der Waals surface area contributed by atoms with Gasteiger partial charge in [-0.15, -0.1) is 11.3 Å². The molecule has 1 aromatic rings. The van der Waals surface area contributed by atoms with Gasteiger partial charge in [-0.05, 0) is 6.42 Å². The molecule has 1 aromatic heterocycles. The van der Waals surface area contributed by atoms with E-state index in [2.05, 4.69) is 22.5 Å². The highest BCUT2D eigenvalue weighted by Gasteiger charge is 2.22. The van der Waals surface area contributed by atoms with E-state index in [0.717, 1.165) is 17.8 Å². The van der Waals surface area contributed by atoms with Crippen molar-refractivity contribution in [3.05, 3.63) is 11.1 Å². The molecule has 0 aromatic carbocycles. The highest BCUT2D eigenvalue weighted by atomic mass is 32.1. The van der Waals surface area contributed by atoms with Gasteiger partial charge in [-0.25, -0.2) is 4.98 Å². The maximum Gasteiger partial charge on any atom is 0.256 e. The predicted octanol–water partition coefficient (Wildman–Crippen LogP) is 0.632. The number of nitrogens with one attached hydrogen (secondary N) is 2. The second kappa shape index (κ2) is 5.38. The highest BCUT2D eigenvalue weighted by Crippen LogP contribution is 2.18. The van der Waals surface area contributed by atoms with Crippen molar-refractivity contribution in [1.82, 2.24) is 10.3 Å². The van der Waals surface area contributed by atoms with Crippen LogP contribution in [0.3, 0.4) is 0 Å². The first kappa shape index (κ1) is 11.5. The van der Waals surface area contributed by atoms with Crippen LogP contribution < -0.4 is 10.6 Å². The van der Waals surface area contributed by atoms with Crippen molar-refractivity contribution >= 4 is 22.4 Å². The van der Waals surface area contributed by atoms with E-state index in [-0.39, 0.29) is 5.91 Å². The molecule has 88 valence electrons. The Morgan fingerprint density at radius 1 is 1.81 bits per heavy atom. The third-order valence-electron chi connectivity index (χ3n) is 2.35. The van der Waals surface area contributed by atoms with Crippen molar-refractivity contribution in [2.24, 2.45) is 0 Å². The van der Waals surface area contributed by atoms with Gasteiger partial charge in [0.15, 0.2) is 5.13 Å². The highest BCUT2D eigenvalue weighted by molar-refractivity contribution is 7.15. The molecule has 2 N–H and O–H groups in total. The third-order valence-corrected chi connectivity index (χ3v) is 3.41. The van der Waals surface area contributed by atoms with Crippen LogP contribution in [0.25, 0.3) is 0 Å². The van der Waals surface area contributed by atoms with E-state index in [1.165, 1.54) is 11.3 Å². The number of morpholine rings is 1. The van der Waals surface area contributed by atoms with Crippen LogP contribution >= 0.6 is 11.3 Å². The monoisotopic (exact) mass is 241 g/mol. The standard InChI is InChI=1S/C10H15N3O2S/c1-2-7-5-12-10(16-7)13-9(14)8-6-11-3-4-15-8/h5,8,11H,2-4,6H2,1H3,(H,12,13,14). The van der Waals surface area contributed by atoms with Gasteiger partial charge < -0.3 is 10.1 Å². The van der Waals surface area contributed by atoms with E-state index in [0.29, 0.717) is 18.3 Å². The number of nitrogens with zero attached hydrogens (tertiary/aromatic N) is 1. The Kier molecular flexibility index (Phi) is 3.87. The molecule has 2 heterocycles. The smallest absolute Gasteiger partial charge is 0.256 e. The first-order chi connectivity index (χ1) is 7.79. The topological polar surface area (TPSA) is 63.2 Å². The molecule has 0 bridgehead atoms. The molecule has 2 rings (SSSR count). The molecule has 1 saturated heterocycles. The van der Waals surface area contributed by atoms with Crippen LogP contribution in [0.1, 0.15) is 11.8 Å². The average molecular weight is 241 g/mol. The summed E-state index contributed by atoms with van der Waals surface area (Å²) in [5.41, 5.74) is 0. The number of thiazole rings is 1. The van der Waals surface area contributed by atoms with E-state index in [9.17, 15) is 4.79 Å². The summed E-state index contributed by atoms with van der Waals surface area (Å²) in [5, 5.41) is 6.53. The van der Waals surface area contributed by atoms with Gasteiger partial charge >= 0.3 is 0 Å². The average Bonchev–Trinajstić information content (AvgIpc) is 2.78. The van der Waals surface area contributed by atoms with Crippen molar-refractivity contribution in [2.45, 2.75) is 19.4 Å². The number of anilines is 1. The molecule has 1 aliphatic rings. The van der Waals surface area contributed by atoms with Gasteiger partial charge in [-0.3, -0.25) is 10.1 Å². The van der Waals surface area contributed by atoms with Crippen molar-refractivity contribution in [3.8, 4) is 0 Å². The lowest BCUT2D eigenvalue weighted by atomic mass is 10.3. The number of ether oxygens (including phenoxy) is 1. The number of carbonyl (C=O) groups excluding carboxylic acids is 1. The molecule has 0 saturated carbocycles. The van der Waals surface area contributed by atoms with Crippen molar-refractivity contribution in [3.63, 3.8) is 0 Å². The zero-order valence-electron chi connectivity index (χ0n) is 9.16. The summed E-state index contributed by atoms with van der Waals surface area (Å²) in [6.07, 6.45) is 2.33. The van der Waals surface area contributed by atoms with Gasteiger partial charge in [0.1, 0.15) is 6.10 Å². The lowest BCUT2D eigenvalue weighted by molar-refractivity contribution is -0.128. The summed E-state index contributed by atoms with van der Waals surface area (Å²) in [6.45, 7) is 4.02. The number of carbonyl (C=O) groups is 1. The van der Waals surface area contributed by atoms with Crippen LogP contribution in [0.2, 0.25) is 0 Å². The Bertz CT molecular complexity index is 361. The van der Waals surface area contributed by atoms with Gasteiger partial charge in [-0.1, -0.05) is 6.92 Å². The molecule has 5 nitrogen and oxygen atoms in total. The molecule has 6 heteroatoms. The lowest BCUT2D eigenvalue weighted by Crippen LogP contribution is -2.45. The second-order valence-electron chi connectivity index (χ2n) is 3.54. The first-order valence-corrected chi connectivity index (χ1v) is 6.19. The molecule has 0 aliphatic carbocycles. The van der Waals surface area contributed by atoms with Crippen molar-refractivity contribution in [1.29, 1.82) is 0 Å². The Morgan fingerprint density at radius 2 is 2.69 bits per heavy atom. The number of rotatable bonds is 3. The van der Waals surface area contributed by atoms with Crippen LogP contribution in [0.5, 0.6) is 0 Å². The van der Waals surface area contributed by atoms with Crippen molar-refractivity contribution < 1.29 is 9.53 Å². The van der Waals surface area contributed by atoms with Crippen molar-refractivity contribution in [2.75, 3.05) is 25.0 Å². The Labute approximate surface area is 98.2 Å². The zero-order valence-corrected chi connectivity index (χ0v) is 9.97. The summed E-state index contributed by atoms with van der Waals surface area (Å²) in [6, 6.07) is 0. The van der Waals surface area contributed by atoms with E-state index >= 15 is 0 Å². The maximum atomic E-state index is 11.8. The van der Waals surface area contributed by atoms with E-state index in [1.54, 1.807) is 6.20 Å². The minimum Gasteiger partial charge on any atom is -0.366 e. The van der Waals surface area contributed by atoms with Gasteiger partial charge in [0.05, 0.1) is 6.61 Å². The quantitative estimate of drug-likeness (QED) is 0.815. The molecular formula is C10H15N3O2S. The molecule has 1 unspecified atom stereocenters. The summed E-state index contributed by atoms with van der Waals surface area (Å²) in [4.78, 5) is 17.1. The molecular weight excluding hydrogens is 226 g/mol. The summed E-state index contributed by atoms with van der Waals surface area (Å²) in [7, 11) is 0. The number of aryl methyl sites for hydroxylation is 1. The maximum absolute atomic E-state index is 11.8. The Hall–Kier alpha value is -0.980. The summed E-state index contributed by atoms with van der Waals surface area (Å²) >= 11 is 1.51. The van der Waals surface area contributed by atoms with E-state index in [4.69, 9.17) is 4.74 Å². The SMILES string of the molecule is CCc1cnc(NC(=O)C2CNCCO2)s1. The fourth-order valence-electron chi connectivity index (χ4n) is 1.45. The van der Waals surface area contributed by atoms with E-state index < -0.39 is 6.10 Å². The molecule has 1 fully saturated rings.